The van der Waals surface area contributed by atoms with E-state index in [4.69, 9.17) is 5.11 Å². The first-order chi connectivity index (χ1) is 14.6. The molecule has 2 heterocycles. The molecule has 0 atom stereocenters. The zero-order chi connectivity index (χ0) is 24.4. The van der Waals surface area contributed by atoms with Crippen molar-refractivity contribution in [3.8, 4) is 11.4 Å². The first-order valence-electron chi connectivity index (χ1n) is 9.88. The van der Waals surface area contributed by atoms with E-state index in [9.17, 15) is 14.7 Å². The van der Waals surface area contributed by atoms with Gasteiger partial charge < -0.3 is 10.2 Å². The molecule has 2 aromatic heterocycles. The van der Waals surface area contributed by atoms with Crippen LogP contribution in [0.1, 0.15) is 52.7 Å². The molecule has 0 radical (unpaired) electrons. The number of carbonyl (C=O) groups is 2. The molecule has 0 amide bonds. The Labute approximate surface area is 215 Å². The van der Waals surface area contributed by atoms with Crippen LogP contribution in [0.2, 0.25) is 0 Å². The lowest BCUT2D eigenvalue weighted by molar-refractivity contribution is -0.365. The molecule has 1 aliphatic rings. The Morgan fingerprint density at radius 3 is 2.03 bits per heavy atom. The predicted molar refractivity (Wildman–Crippen MR) is 138 cm³/mol. The van der Waals surface area contributed by atoms with Crippen LogP contribution in [0.15, 0.2) is 55.3 Å². The number of aliphatic hydroxyl groups is 1. The van der Waals surface area contributed by atoms with E-state index in [1.165, 1.54) is 56.3 Å². The van der Waals surface area contributed by atoms with Crippen molar-refractivity contribution in [3.05, 3.63) is 66.5 Å². The summed E-state index contributed by atoms with van der Waals surface area (Å²) in [5.41, 5.74) is 4.98. The number of nitrogens with one attached hydrogen (secondary N) is 1. The van der Waals surface area contributed by atoms with E-state index in [-0.39, 0.29) is 18.0 Å². The van der Waals surface area contributed by atoms with Gasteiger partial charge in [0.1, 0.15) is 9.27 Å². The lowest BCUT2D eigenvalue weighted by Crippen LogP contribution is -2.26. The monoisotopic (exact) mass is 660 g/mol. The summed E-state index contributed by atoms with van der Waals surface area (Å²) in [7, 11) is 0. The summed E-state index contributed by atoms with van der Waals surface area (Å²) >= 11 is 2.92. The summed E-state index contributed by atoms with van der Waals surface area (Å²) in [6.07, 6.45) is 3.90. The Hall–Kier alpha value is -1.82. The third kappa shape index (κ3) is 6.15. The standard InChI is InChI=1S/C18H24N2.C6H2I2O4/c1-17(2,3)13-7-9-19-15(11-13)16-12-14(8-10-20-16)18(4,5)6;7-1-3(9)5(11)2(8)6(12)4(1)10/h7-12H,1-6H3;9,12H. The summed E-state index contributed by atoms with van der Waals surface area (Å²) in [5, 5.41) is 20.0. The van der Waals surface area contributed by atoms with Crippen LogP contribution in [-0.4, -0.2) is 21.7 Å². The van der Waals surface area contributed by atoms with Gasteiger partial charge in [-0.1, -0.05) is 41.5 Å². The molecule has 0 unspecified atom stereocenters. The number of ketones is 2. The average molecular weight is 660 g/mol. The lowest BCUT2D eigenvalue weighted by atomic mass is 9.86. The molecule has 1 aliphatic carbocycles. The Morgan fingerprint density at radius 1 is 0.906 bits per heavy atom. The Bertz CT molecular complexity index is 1010. The fourth-order valence-electron chi connectivity index (χ4n) is 2.74. The summed E-state index contributed by atoms with van der Waals surface area (Å²) in [6, 6.07) is 8.61. The first kappa shape index (κ1) is 26.4. The maximum atomic E-state index is 11.0. The van der Waals surface area contributed by atoms with Crippen molar-refractivity contribution in [2.45, 2.75) is 52.4 Å². The number of allylic oxidation sites excluding steroid dienone is 2. The van der Waals surface area contributed by atoms with Crippen molar-refractivity contribution in [1.29, 1.82) is 0 Å². The Morgan fingerprint density at radius 2 is 1.47 bits per heavy atom. The van der Waals surface area contributed by atoms with Crippen LogP contribution in [0.5, 0.6) is 0 Å². The zero-order valence-electron chi connectivity index (χ0n) is 18.8. The van der Waals surface area contributed by atoms with Gasteiger partial charge in [0.25, 0.3) is 0 Å². The van der Waals surface area contributed by atoms with Crippen LogP contribution in [0.3, 0.4) is 0 Å². The third-order valence-corrected chi connectivity index (χ3v) is 6.78. The molecule has 3 rings (SSSR count). The van der Waals surface area contributed by atoms with Crippen LogP contribution < -0.4 is 10.1 Å². The number of nitrogens with zero attached hydrogens (tertiary/aromatic N) is 1. The van der Waals surface area contributed by atoms with Gasteiger partial charge in [0, 0.05) is 18.3 Å². The van der Waals surface area contributed by atoms with E-state index in [1.54, 1.807) is 0 Å². The van der Waals surface area contributed by atoms with Gasteiger partial charge in [-0.25, -0.2) is 9.97 Å². The number of pyridine rings is 2. The van der Waals surface area contributed by atoms with Gasteiger partial charge in [-0.15, -0.1) is 0 Å². The van der Waals surface area contributed by atoms with Crippen LogP contribution in [0, 0.1) is 0 Å². The van der Waals surface area contributed by atoms with Gasteiger partial charge in [0.05, 0.1) is 3.58 Å². The van der Waals surface area contributed by atoms with Gasteiger partial charge in [-0.05, 0) is 85.0 Å². The molecule has 0 aromatic carbocycles. The molecule has 0 spiro atoms. The van der Waals surface area contributed by atoms with E-state index < -0.39 is 23.1 Å². The minimum absolute atomic E-state index is 0.138. The molecule has 6 nitrogen and oxygen atoms in total. The van der Waals surface area contributed by atoms with Crippen LogP contribution >= 0.6 is 45.2 Å². The summed E-state index contributed by atoms with van der Waals surface area (Å²) in [5.74, 6) is -3.07. The van der Waals surface area contributed by atoms with Crippen molar-refractivity contribution >= 4 is 56.7 Å². The zero-order valence-corrected chi connectivity index (χ0v) is 23.2. The molecular formula is C24H26I2N2O4. The fourth-order valence-corrected chi connectivity index (χ4v) is 3.73. The van der Waals surface area contributed by atoms with E-state index >= 15 is 0 Å². The number of rotatable bonds is 1. The molecule has 0 fully saturated rings. The van der Waals surface area contributed by atoms with Crippen molar-refractivity contribution in [1.82, 2.24) is 4.98 Å². The molecule has 0 saturated carbocycles. The van der Waals surface area contributed by atoms with Crippen LogP contribution in [0.25, 0.3) is 11.4 Å². The summed E-state index contributed by atoms with van der Waals surface area (Å²) in [4.78, 5) is 29.7. The molecule has 0 aliphatic heterocycles. The molecular weight excluding hydrogens is 634 g/mol. The number of hydrogen-bond donors (Lipinski definition) is 1. The van der Waals surface area contributed by atoms with Gasteiger partial charge >= 0.3 is 0 Å². The minimum Gasteiger partial charge on any atom is -0.869 e. The number of Topliss-reactive ketones (excluding diaryl/α,β-unsaturated/α-hetero) is 2. The number of hydrogen-bond acceptors (Lipinski definition) is 5. The van der Waals surface area contributed by atoms with Crippen molar-refractivity contribution in [2.24, 2.45) is 0 Å². The average Bonchev–Trinajstić information content (AvgIpc) is 2.74. The van der Waals surface area contributed by atoms with E-state index in [0.717, 1.165) is 11.4 Å². The van der Waals surface area contributed by atoms with Crippen molar-refractivity contribution in [2.75, 3.05) is 0 Å². The van der Waals surface area contributed by atoms with E-state index in [1.807, 2.05) is 12.4 Å². The van der Waals surface area contributed by atoms with Gasteiger partial charge in [-0.3, -0.25) is 9.59 Å². The Balaban J connectivity index is 0.000000258. The number of aromatic nitrogens is 2. The quantitative estimate of drug-likeness (QED) is 0.359. The van der Waals surface area contributed by atoms with Gasteiger partial charge in [0.15, 0.2) is 17.7 Å². The highest BCUT2D eigenvalue weighted by Gasteiger charge is 2.27. The maximum Gasteiger partial charge on any atom is 0.234 e. The van der Waals surface area contributed by atoms with Crippen molar-refractivity contribution in [3.63, 3.8) is 0 Å². The number of aliphatic hydroxyl groups excluding tert-OH is 1. The lowest BCUT2D eigenvalue weighted by Gasteiger charge is -2.19. The van der Waals surface area contributed by atoms with Crippen molar-refractivity contribution < 1.29 is 24.8 Å². The molecule has 32 heavy (non-hydrogen) atoms. The molecule has 0 bridgehead atoms. The number of halogens is 2. The van der Waals surface area contributed by atoms with Gasteiger partial charge in [0.2, 0.25) is 11.5 Å². The molecule has 2 aromatic rings. The highest BCUT2D eigenvalue weighted by molar-refractivity contribution is 14.1. The summed E-state index contributed by atoms with van der Waals surface area (Å²) < 4.78 is -0.460. The van der Waals surface area contributed by atoms with Gasteiger partial charge in [-0.2, -0.15) is 0 Å². The third-order valence-electron chi connectivity index (χ3n) is 4.80. The SMILES string of the molecule is CC(C)(C)c1ccnc(-c2cc(C(C)(C)C)cc[nH+]2)c1.O=C1C(O)=C(I)C(=O)C([O-])=C1I. The maximum absolute atomic E-state index is 11.0. The molecule has 8 heteroatoms. The van der Waals surface area contributed by atoms with E-state index in [0.29, 0.717) is 0 Å². The first-order valence-corrected chi connectivity index (χ1v) is 12.0. The fraction of sp³-hybridized carbons (Fsp3) is 0.333. The number of aromatic amines is 1. The summed E-state index contributed by atoms with van der Waals surface area (Å²) in [6.45, 7) is 13.4. The highest BCUT2D eigenvalue weighted by atomic mass is 127. The second-order valence-corrected chi connectivity index (χ2v) is 11.5. The van der Waals surface area contributed by atoms with Crippen LogP contribution in [-0.2, 0) is 20.4 Å². The Kier molecular flexibility index (Phi) is 8.25. The van der Waals surface area contributed by atoms with E-state index in [2.05, 4.69) is 75.8 Å². The molecule has 170 valence electrons. The topological polar surface area (TPSA) is 104 Å². The largest absolute Gasteiger partial charge is 0.869 e. The predicted octanol–water partition coefficient (Wildman–Crippen LogP) is 4.51. The second-order valence-electron chi connectivity index (χ2n) is 9.38. The highest BCUT2D eigenvalue weighted by Crippen LogP contribution is 2.28. The molecule has 2 N–H and O–H groups in total. The van der Waals surface area contributed by atoms with Crippen LogP contribution in [0.4, 0.5) is 0 Å². The minimum atomic E-state index is -0.845. The number of carbonyl (C=O) groups excluding carboxylic acids is 2. The number of H-pyrrole nitrogens is 1. The second kappa shape index (κ2) is 9.98. The normalized spacial score (nSPS) is 15.0. The molecule has 0 saturated heterocycles. The smallest absolute Gasteiger partial charge is 0.234 e.